The van der Waals surface area contributed by atoms with Crippen LogP contribution in [0.25, 0.3) is 0 Å². The molecule has 0 aromatic heterocycles. The molecule has 38 heavy (non-hydrogen) atoms. The van der Waals surface area contributed by atoms with Crippen molar-refractivity contribution in [2.24, 2.45) is 5.92 Å². The molecular formula is C27H31F6N3O2. The van der Waals surface area contributed by atoms with Crippen LogP contribution in [0.4, 0.5) is 26.3 Å². The maximum Gasteiger partial charge on any atom is 0.416 e. The standard InChI is InChI=1S/C27H31F6N3O2/c1-34(17-23(37)20-13-21(26(28,29)30)15-22(14-20)27(31,32)33)25(38)24(19-5-3-2-4-6-19)36-11-9-35(10-12-36)16-18-7-8-18/h2-6,13-15,18,23-24,37H,7-12,16-17H2,1H3/t23?,24-/m0/s1. The van der Waals surface area contributed by atoms with Gasteiger partial charge in [0, 0.05) is 39.8 Å². The maximum atomic E-state index is 13.6. The fourth-order valence-electron chi connectivity index (χ4n) is 4.85. The van der Waals surface area contributed by atoms with Crippen LogP contribution in [0.15, 0.2) is 48.5 Å². The number of aliphatic hydroxyl groups excluding tert-OH is 1. The molecule has 1 aliphatic carbocycles. The van der Waals surface area contributed by atoms with Crippen LogP contribution in [-0.2, 0) is 17.1 Å². The summed E-state index contributed by atoms with van der Waals surface area (Å²) in [6, 6.07) is 9.35. The highest BCUT2D eigenvalue weighted by molar-refractivity contribution is 5.83. The summed E-state index contributed by atoms with van der Waals surface area (Å²) < 4.78 is 79.6. The zero-order chi connectivity index (χ0) is 27.7. The lowest BCUT2D eigenvalue weighted by Crippen LogP contribution is -2.51. The first-order valence-electron chi connectivity index (χ1n) is 12.6. The highest BCUT2D eigenvalue weighted by atomic mass is 19.4. The predicted octanol–water partition coefficient (Wildman–Crippen LogP) is 4.98. The fourth-order valence-corrected chi connectivity index (χ4v) is 4.85. The molecule has 5 nitrogen and oxygen atoms in total. The van der Waals surface area contributed by atoms with Gasteiger partial charge >= 0.3 is 12.4 Å². The van der Waals surface area contributed by atoms with E-state index < -0.39 is 53.6 Å². The van der Waals surface area contributed by atoms with Crippen molar-refractivity contribution in [2.75, 3.05) is 46.3 Å². The third-order valence-corrected chi connectivity index (χ3v) is 7.15. The van der Waals surface area contributed by atoms with E-state index in [0.29, 0.717) is 25.2 Å². The minimum atomic E-state index is -5.03. The second-order valence-corrected chi connectivity index (χ2v) is 10.2. The number of likely N-dealkylation sites (N-methyl/N-ethyl adjacent to an activating group) is 1. The molecule has 208 valence electrons. The molecule has 0 radical (unpaired) electrons. The number of carbonyl (C=O) groups is 1. The van der Waals surface area contributed by atoms with E-state index in [1.807, 2.05) is 23.1 Å². The van der Waals surface area contributed by atoms with Crippen LogP contribution >= 0.6 is 0 Å². The molecule has 2 aromatic rings. The molecule has 11 heteroatoms. The molecule has 1 heterocycles. The smallest absolute Gasteiger partial charge is 0.387 e. The highest BCUT2D eigenvalue weighted by Gasteiger charge is 2.38. The summed E-state index contributed by atoms with van der Waals surface area (Å²) in [5.74, 6) is 0.350. The van der Waals surface area contributed by atoms with Crippen LogP contribution < -0.4 is 0 Å². The number of carbonyl (C=O) groups excluding carboxylic acids is 1. The lowest BCUT2D eigenvalue weighted by Gasteiger charge is -2.40. The Balaban J connectivity index is 1.52. The van der Waals surface area contributed by atoms with Crippen LogP contribution in [0, 0.1) is 5.92 Å². The maximum absolute atomic E-state index is 13.6. The van der Waals surface area contributed by atoms with Gasteiger partial charge in [0.25, 0.3) is 0 Å². The molecule has 4 rings (SSSR count). The Kier molecular flexibility index (Phi) is 8.39. The van der Waals surface area contributed by atoms with Crippen LogP contribution in [-0.4, -0.2) is 72.0 Å². The fraction of sp³-hybridized carbons (Fsp3) is 0.519. The molecular weight excluding hydrogens is 512 g/mol. The van der Waals surface area contributed by atoms with Crippen LogP contribution in [0.3, 0.4) is 0 Å². The van der Waals surface area contributed by atoms with Gasteiger partial charge in [-0.15, -0.1) is 0 Å². The van der Waals surface area contributed by atoms with Crippen molar-refractivity contribution >= 4 is 5.91 Å². The van der Waals surface area contributed by atoms with Crippen LogP contribution in [0.5, 0.6) is 0 Å². The normalized spacial score (nSPS) is 19.3. The number of rotatable bonds is 8. The van der Waals surface area contributed by atoms with E-state index in [-0.39, 0.29) is 6.07 Å². The number of aliphatic hydroxyl groups is 1. The summed E-state index contributed by atoms with van der Waals surface area (Å²) in [6.07, 6.45) is -9.32. The Bertz CT molecular complexity index is 1060. The average Bonchev–Trinajstić information content (AvgIpc) is 3.68. The number of piperazine rings is 1. The largest absolute Gasteiger partial charge is 0.416 e. The summed E-state index contributed by atoms with van der Waals surface area (Å²) in [6.45, 7) is 3.44. The lowest BCUT2D eigenvalue weighted by molar-refractivity contribution is -0.143. The van der Waals surface area contributed by atoms with Gasteiger partial charge in [-0.1, -0.05) is 30.3 Å². The SMILES string of the molecule is CN(CC(O)c1cc(C(F)(F)F)cc(C(F)(F)F)c1)C(=O)[C@H](c1ccccc1)N1CCN(CC2CC2)CC1. The Morgan fingerprint density at radius 3 is 1.97 bits per heavy atom. The topological polar surface area (TPSA) is 47.0 Å². The van der Waals surface area contributed by atoms with Crippen molar-refractivity contribution in [3.05, 3.63) is 70.8 Å². The number of amides is 1. The van der Waals surface area contributed by atoms with E-state index in [9.17, 15) is 36.2 Å². The number of alkyl halides is 6. The van der Waals surface area contributed by atoms with E-state index >= 15 is 0 Å². The minimum Gasteiger partial charge on any atom is -0.387 e. The van der Waals surface area contributed by atoms with Gasteiger partial charge < -0.3 is 14.9 Å². The number of halogens is 6. The van der Waals surface area contributed by atoms with E-state index in [2.05, 4.69) is 4.90 Å². The molecule has 0 spiro atoms. The van der Waals surface area contributed by atoms with E-state index in [4.69, 9.17) is 0 Å². The van der Waals surface area contributed by atoms with Gasteiger partial charge in [-0.25, -0.2) is 0 Å². The Morgan fingerprint density at radius 2 is 1.47 bits per heavy atom. The van der Waals surface area contributed by atoms with E-state index in [0.717, 1.165) is 31.1 Å². The Labute approximate surface area is 217 Å². The zero-order valence-corrected chi connectivity index (χ0v) is 21.0. The first-order chi connectivity index (χ1) is 17.8. The van der Waals surface area contributed by atoms with Crippen molar-refractivity contribution in [1.82, 2.24) is 14.7 Å². The third kappa shape index (κ3) is 7.06. The van der Waals surface area contributed by atoms with Crippen molar-refractivity contribution in [3.63, 3.8) is 0 Å². The number of hydrogen-bond acceptors (Lipinski definition) is 4. The number of hydrogen-bond donors (Lipinski definition) is 1. The van der Waals surface area contributed by atoms with Gasteiger partial charge in [0.2, 0.25) is 5.91 Å². The summed E-state index contributed by atoms with van der Waals surface area (Å²) in [7, 11) is 1.39. The lowest BCUT2D eigenvalue weighted by atomic mass is 9.99. The molecule has 2 aromatic carbocycles. The number of nitrogens with zero attached hydrogens (tertiary/aromatic N) is 3. The summed E-state index contributed by atoms with van der Waals surface area (Å²) in [4.78, 5) is 19.2. The first-order valence-corrected chi connectivity index (χ1v) is 12.6. The molecule has 0 bridgehead atoms. The van der Waals surface area contributed by atoms with Crippen LogP contribution in [0.2, 0.25) is 0 Å². The molecule has 1 aliphatic heterocycles. The van der Waals surface area contributed by atoms with Gasteiger partial charge in [0.05, 0.1) is 23.8 Å². The second kappa shape index (κ2) is 11.2. The van der Waals surface area contributed by atoms with Gasteiger partial charge in [-0.3, -0.25) is 9.69 Å². The number of benzene rings is 2. The summed E-state index contributed by atoms with van der Waals surface area (Å²) >= 11 is 0. The monoisotopic (exact) mass is 543 g/mol. The highest BCUT2D eigenvalue weighted by Crippen LogP contribution is 2.38. The molecule has 1 N–H and O–H groups in total. The van der Waals surface area contributed by atoms with E-state index in [1.165, 1.54) is 24.8 Å². The van der Waals surface area contributed by atoms with Gasteiger partial charge in [0.1, 0.15) is 6.04 Å². The Hall–Kier alpha value is -2.63. The molecule has 2 aliphatic rings. The van der Waals surface area contributed by atoms with Crippen molar-refractivity contribution < 1.29 is 36.2 Å². The summed E-state index contributed by atoms with van der Waals surface area (Å²) in [5.41, 5.74) is -2.85. The van der Waals surface area contributed by atoms with E-state index in [1.54, 1.807) is 12.1 Å². The molecule has 2 fully saturated rings. The van der Waals surface area contributed by atoms with Gasteiger partial charge in [-0.05, 0) is 48.1 Å². The van der Waals surface area contributed by atoms with Crippen molar-refractivity contribution in [3.8, 4) is 0 Å². The molecule has 2 atom stereocenters. The second-order valence-electron chi connectivity index (χ2n) is 10.2. The first kappa shape index (κ1) is 28.4. The van der Waals surface area contributed by atoms with Crippen molar-refractivity contribution in [1.29, 1.82) is 0 Å². The zero-order valence-electron chi connectivity index (χ0n) is 21.0. The Morgan fingerprint density at radius 1 is 0.921 bits per heavy atom. The molecule has 1 amide bonds. The molecule has 1 saturated heterocycles. The predicted molar refractivity (Wildman–Crippen MR) is 129 cm³/mol. The molecule has 1 saturated carbocycles. The molecule has 1 unspecified atom stereocenters. The third-order valence-electron chi connectivity index (χ3n) is 7.15. The average molecular weight is 544 g/mol. The quantitative estimate of drug-likeness (QED) is 0.477. The van der Waals surface area contributed by atoms with Gasteiger partial charge in [-0.2, -0.15) is 26.3 Å². The van der Waals surface area contributed by atoms with Gasteiger partial charge in [0.15, 0.2) is 0 Å². The van der Waals surface area contributed by atoms with Crippen molar-refractivity contribution in [2.45, 2.75) is 37.3 Å². The minimum absolute atomic E-state index is 0.0133. The summed E-state index contributed by atoms with van der Waals surface area (Å²) in [5, 5.41) is 10.7. The van der Waals surface area contributed by atoms with Crippen LogP contribution in [0.1, 0.15) is 47.2 Å².